The molecule has 0 saturated carbocycles. The first-order chi connectivity index (χ1) is 7.66. The Kier molecular flexibility index (Phi) is 3.78. The number of carbonyl (C=O) groups is 1. The van der Waals surface area contributed by atoms with Crippen LogP contribution in [0.2, 0.25) is 0 Å². The van der Waals surface area contributed by atoms with Gasteiger partial charge in [0.25, 0.3) is 0 Å². The Balaban J connectivity index is 1.73. The van der Waals surface area contributed by atoms with E-state index in [1.54, 1.807) is 0 Å². The number of piperazine rings is 1. The maximum Gasteiger partial charge on any atom is 0.237 e. The van der Waals surface area contributed by atoms with E-state index in [1.807, 2.05) is 11.9 Å². The van der Waals surface area contributed by atoms with Crippen molar-refractivity contribution in [3.63, 3.8) is 0 Å². The van der Waals surface area contributed by atoms with Crippen LogP contribution in [0.1, 0.15) is 6.92 Å². The highest BCUT2D eigenvalue weighted by atomic mass is 16.2. The normalized spacial score (nSPS) is 26.1. The van der Waals surface area contributed by atoms with E-state index in [4.69, 9.17) is 0 Å². The summed E-state index contributed by atoms with van der Waals surface area (Å²) in [5.41, 5.74) is 3.03. The van der Waals surface area contributed by atoms with Crippen LogP contribution in [0.4, 0.5) is 0 Å². The summed E-state index contributed by atoms with van der Waals surface area (Å²) in [6.07, 6.45) is 0. The van der Waals surface area contributed by atoms with Gasteiger partial charge >= 0.3 is 0 Å². The Hall–Kier alpha value is -0.650. The number of nitrogens with zero attached hydrogens (tertiary/aromatic N) is 2. The predicted octanol–water partition coefficient (Wildman–Crippen LogP) is -0.879. The molecule has 1 amide bonds. The second-order valence-electron chi connectivity index (χ2n) is 4.97. The van der Waals surface area contributed by atoms with Crippen LogP contribution in [0.3, 0.4) is 0 Å². The first-order valence-electron chi connectivity index (χ1n) is 6.11. The summed E-state index contributed by atoms with van der Waals surface area (Å²) in [5, 5.41) is 5.25. The molecule has 2 rings (SSSR count). The highest BCUT2D eigenvalue weighted by molar-refractivity contribution is 5.78. The molecule has 0 aromatic carbocycles. The van der Waals surface area contributed by atoms with Gasteiger partial charge in [-0.2, -0.15) is 0 Å². The second kappa shape index (κ2) is 5.12. The summed E-state index contributed by atoms with van der Waals surface area (Å²) in [7, 11) is 2.11. The Morgan fingerprint density at radius 2 is 1.94 bits per heavy atom. The molecule has 0 radical (unpaired) electrons. The van der Waals surface area contributed by atoms with Crippen LogP contribution in [0.25, 0.3) is 0 Å². The molecule has 5 heteroatoms. The molecular weight excluding hydrogens is 204 g/mol. The van der Waals surface area contributed by atoms with Gasteiger partial charge in [-0.1, -0.05) is 6.92 Å². The lowest BCUT2D eigenvalue weighted by molar-refractivity contribution is -0.132. The molecule has 2 heterocycles. The molecule has 92 valence electrons. The first kappa shape index (κ1) is 11.8. The van der Waals surface area contributed by atoms with Crippen molar-refractivity contribution in [1.29, 1.82) is 0 Å². The Labute approximate surface area is 97.1 Å². The van der Waals surface area contributed by atoms with Crippen LogP contribution in [0.15, 0.2) is 0 Å². The van der Waals surface area contributed by atoms with Crippen LogP contribution in [0, 0.1) is 11.8 Å². The lowest BCUT2D eigenvalue weighted by Gasteiger charge is -2.36. The molecule has 0 aliphatic carbocycles. The van der Waals surface area contributed by atoms with Gasteiger partial charge in [-0.05, 0) is 26.1 Å². The molecule has 0 aromatic rings. The quantitative estimate of drug-likeness (QED) is 0.656. The standard InChI is InChI=1S/C11H22N4O/c1-9(10-7-12-8-10)11(16)13-15-5-3-14(2)4-6-15/h9-10,12H,3-8H2,1-2H3,(H,13,16). The fourth-order valence-corrected chi connectivity index (χ4v) is 2.05. The molecule has 2 aliphatic heterocycles. The van der Waals surface area contributed by atoms with Crippen LogP contribution < -0.4 is 10.7 Å². The molecule has 1 atom stereocenters. The molecular formula is C11H22N4O. The van der Waals surface area contributed by atoms with Crippen LogP contribution in [-0.4, -0.2) is 62.1 Å². The van der Waals surface area contributed by atoms with E-state index in [2.05, 4.69) is 22.7 Å². The van der Waals surface area contributed by atoms with Crippen molar-refractivity contribution in [3.8, 4) is 0 Å². The maximum atomic E-state index is 11.9. The van der Waals surface area contributed by atoms with E-state index in [0.717, 1.165) is 39.3 Å². The average molecular weight is 226 g/mol. The third-order valence-corrected chi connectivity index (χ3v) is 3.71. The van der Waals surface area contributed by atoms with Crippen molar-refractivity contribution in [2.45, 2.75) is 6.92 Å². The SMILES string of the molecule is CC(C(=O)NN1CCN(C)CC1)C1CNC1. The number of rotatable bonds is 3. The largest absolute Gasteiger partial charge is 0.316 e. The number of carbonyl (C=O) groups excluding carboxylic acids is 1. The lowest BCUT2D eigenvalue weighted by atomic mass is 9.88. The van der Waals surface area contributed by atoms with Gasteiger partial charge in [0.1, 0.15) is 0 Å². The minimum Gasteiger partial charge on any atom is -0.316 e. The lowest BCUT2D eigenvalue weighted by Crippen LogP contribution is -2.56. The van der Waals surface area contributed by atoms with Crippen molar-refractivity contribution in [2.75, 3.05) is 46.3 Å². The summed E-state index contributed by atoms with van der Waals surface area (Å²) in [5.74, 6) is 0.824. The zero-order valence-corrected chi connectivity index (χ0v) is 10.2. The summed E-state index contributed by atoms with van der Waals surface area (Å²) < 4.78 is 0. The fraction of sp³-hybridized carbons (Fsp3) is 0.909. The maximum absolute atomic E-state index is 11.9. The summed E-state index contributed by atoms with van der Waals surface area (Å²) in [6, 6.07) is 0. The van der Waals surface area contributed by atoms with Crippen LogP contribution >= 0.6 is 0 Å². The molecule has 16 heavy (non-hydrogen) atoms. The molecule has 2 fully saturated rings. The van der Waals surface area contributed by atoms with E-state index in [-0.39, 0.29) is 11.8 Å². The fourth-order valence-electron chi connectivity index (χ4n) is 2.05. The minimum absolute atomic E-state index is 0.126. The molecule has 5 nitrogen and oxygen atoms in total. The molecule has 2 saturated heterocycles. The topological polar surface area (TPSA) is 47.6 Å². The molecule has 1 unspecified atom stereocenters. The zero-order valence-electron chi connectivity index (χ0n) is 10.2. The number of amides is 1. The smallest absolute Gasteiger partial charge is 0.237 e. The van der Waals surface area contributed by atoms with Crippen molar-refractivity contribution >= 4 is 5.91 Å². The Morgan fingerprint density at radius 1 is 1.31 bits per heavy atom. The second-order valence-corrected chi connectivity index (χ2v) is 4.97. The summed E-state index contributed by atoms with van der Waals surface area (Å²) in [4.78, 5) is 14.2. The third kappa shape index (κ3) is 2.72. The number of hydrogen-bond donors (Lipinski definition) is 2. The number of nitrogens with one attached hydrogen (secondary N) is 2. The van der Waals surface area contributed by atoms with Gasteiger partial charge in [0.05, 0.1) is 0 Å². The van der Waals surface area contributed by atoms with Gasteiger partial charge in [0, 0.05) is 32.1 Å². The summed E-state index contributed by atoms with van der Waals surface area (Å²) in [6.45, 7) is 7.90. The minimum atomic E-state index is 0.126. The Morgan fingerprint density at radius 3 is 2.44 bits per heavy atom. The number of hydrazine groups is 1. The van der Waals surface area contributed by atoms with Gasteiger partial charge < -0.3 is 10.2 Å². The Bertz CT molecular complexity index is 246. The monoisotopic (exact) mass is 226 g/mol. The highest BCUT2D eigenvalue weighted by Gasteiger charge is 2.29. The van der Waals surface area contributed by atoms with Crippen molar-refractivity contribution < 1.29 is 4.79 Å². The average Bonchev–Trinajstić information content (AvgIpc) is 2.19. The van der Waals surface area contributed by atoms with Gasteiger partial charge in [0.2, 0.25) is 5.91 Å². The number of hydrogen-bond acceptors (Lipinski definition) is 4. The zero-order chi connectivity index (χ0) is 11.5. The van der Waals surface area contributed by atoms with E-state index in [9.17, 15) is 4.79 Å². The molecule has 0 spiro atoms. The number of likely N-dealkylation sites (N-methyl/N-ethyl adjacent to an activating group) is 1. The summed E-state index contributed by atoms with van der Waals surface area (Å²) >= 11 is 0. The molecule has 2 aliphatic rings. The highest BCUT2D eigenvalue weighted by Crippen LogP contribution is 2.15. The van der Waals surface area contributed by atoms with Crippen LogP contribution in [0.5, 0.6) is 0 Å². The van der Waals surface area contributed by atoms with E-state index in [0.29, 0.717) is 5.92 Å². The molecule has 0 bridgehead atoms. The molecule has 0 aromatic heterocycles. The third-order valence-electron chi connectivity index (χ3n) is 3.71. The van der Waals surface area contributed by atoms with Gasteiger partial charge in [-0.25, -0.2) is 5.01 Å². The van der Waals surface area contributed by atoms with Crippen molar-refractivity contribution in [3.05, 3.63) is 0 Å². The van der Waals surface area contributed by atoms with Crippen LogP contribution in [-0.2, 0) is 4.79 Å². The first-order valence-corrected chi connectivity index (χ1v) is 6.11. The van der Waals surface area contributed by atoms with E-state index < -0.39 is 0 Å². The van der Waals surface area contributed by atoms with E-state index >= 15 is 0 Å². The van der Waals surface area contributed by atoms with Gasteiger partial charge in [-0.3, -0.25) is 10.2 Å². The predicted molar refractivity (Wildman–Crippen MR) is 62.7 cm³/mol. The van der Waals surface area contributed by atoms with E-state index in [1.165, 1.54) is 0 Å². The van der Waals surface area contributed by atoms with Crippen molar-refractivity contribution in [2.24, 2.45) is 11.8 Å². The van der Waals surface area contributed by atoms with Gasteiger partial charge in [-0.15, -0.1) is 0 Å². The van der Waals surface area contributed by atoms with Gasteiger partial charge in [0.15, 0.2) is 0 Å². The van der Waals surface area contributed by atoms with Crippen molar-refractivity contribution in [1.82, 2.24) is 20.7 Å². The molecule has 2 N–H and O–H groups in total.